The Morgan fingerprint density at radius 3 is 2.74 bits per heavy atom. The Kier molecular flexibility index (Phi) is 4.70. The van der Waals surface area contributed by atoms with Crippen LogP contribution in [0.2, 0.25) is 0 Å². The second-order valence-electron chi connectivity index (χ2n) is 11.2. The molecule has 4 aliphatic carbocycles. The number of aliphatic hydroxyl groups excluding tert-OH is 1. The maximum atomic E-state index is 12.8. The second kappa shape index (κ2) is 7.04. The Morgan fingerprint density at radius 2 is 1.94 bits per heavy atom. The van der Waals surface area contributed by atoms with Crippen LogP contribution < -0.4 is 0 Å². The largest absolute Gasteiger partial charge is 0.458 e. The van der Waals surface area contributed by atoms with E-state index in [9.17, 15) is 9.90 Å². The van der Waals surface area contributed by atoms with Crippen LogP contribution in [0.15, 0.2) is 30.3 Å². The number of aliphatic hydroxyl groups is 1. The summed E-state index contributed by atoms with van der Waals surface area (Å²) in [7, 11) is 0. The monoisotopic (exact) mass is 488 g/mol. The van der Waals surface area contributed by atoms with Gasteiger partial charge in [0.15, 0.2) is 0 Å². The van der Waals surface area contributed by atoms with Gasteiger partial charge in [0.1, 0.15) is 6.10 Å². The van der Waals surface area contributed by atoms with Crippen molar-refractivity contribution in [1.82, 2.24) is 0 Å². The minimum atomic E-state index is -0.213. The van der Waals surface area contributed by atoms with Crippen molar-refractivity contribution in [3.8, 4) is 0 Å². The smallest absolute Gasteiger partial charge is 0.338 e. The highest BCUT2D eigenvalue weighted by atomic mass is 79.9. The summed E-state index contributed by atoms with van der Waals surface area (Å²) in [4.78, 5) is 12.8. The van der Waals surface area contributed by atoms with E-state index in [4.69, 9.17) is 9.47 Å². The van der Waals surface area contributed by atoms with Crippen LogP contribution in [0.1, 0.15) is 68.6 Å². The highest BCUT2D eigenvalue weighted by Gasteiger charge is 2.72. The van der Waals surface area contributed by atoms with Crippen molar-refractivity contribution >= 4 is 21.9 Å². The van der Waals surface area contributed by atoms with E-state index in [-0.39, 0.29) is 39.4 Å². The molecule has 5 heteroatoms. The van der Waals surface area contributed by atoms with Gasteiger partial charge in [-0.05, 0) is 81.3 Å². The Labute approximate surface area is 193 Å². The molecule has 9 atom stereocenters. The van der Waals surface area contributed by atoms with E-state index in [0.29, 0.717) is 23.3 Å². The van der Waals surface area contributed by atoms with Gasteiger partial charge in [0, 0.05) is 10.8 Å². The topological polar surface area (TPSA) is 55.8 Å². The van der Waals surface area contributed by atoms with E-state index in [1.807, 2.05) is 30.3 Å². The second-order valence-corrected chi connectivity index (χ2v) is 12.6. The van der Waals surface area contributed by atoms with Gasteiger partial charge in [-0.3, -0.25) is 0 Å². The molecule has 1 aliphatic heterocycles. The molecule has 5 aliphatic rings. The molecule has 1 aromatic carbocycles. The summed E-state index contributed by atoms with van der Waals surface area (Å²) in [6, 6.07) is 9.41. The molecule has 0 unspecified atom stereocenters. The maximum absolute atomic E-state index is 12.8. The molecule has 2 bridgehead atoms. The normalized spacial score (nSPS) is 50.3. The lowest BCUT2D eigenvalue weighted by Gasteiger charge is -2.62. The molecule has 1 saturated heterocycles. The minimum absolute atomic E-state index is 0.00561. The van der Waals surface area contributed by atoms with Crippen molar-refractivity contribution in [2.75, 3.05) is 6.61 Å². The average Bonchev–Trinajstić information content (AvgIpc) is 3.16. The van der Waals surface area contributed by atoms with Crippen LogP contribution in [0.5, 0.6) is 0 Å². The van der Waals surface area contributed by atoms with E-state index >= 15 is 0 Å². The van der Waals surface area contributed by atoms with Crippen LogP contribution in [0, 0.1) is 28.6 Å². The number of hydrogen-bond donors (Lipinski definition) is 1. The number of esters is 1. The standard InChI is InChI=1S/C26H33BrO4/c1-24-11-10-20-18(13-22-26(27)14-17(28)9-12-25(20,26)15-30-22)19(24)7-8-21(24)31-23(29)16-5-3-2-4-6-16/h2-6,17-22,28H,7-15H2,1H3/t17-,18+,19-,20+,21+,22+,24-,25-,26-/m0/s1. The molecule has 31 heavy (non-hydrogen) atoms. The minimum Gasteiger partial charge on any atom is -0.458 e. The van der Waals surface area contributed by atoms with Gasteiger partial charge in [0.05, 0.1) is 28.7 Å². The summed E-state index contributed by atoms with van der Waals surface area (Å²) in [5.41, 5.74) is 0.860. The lowest BCUT2D eigenvalue weighted by molar-refractivity contribution is -0.114. The fourth-order valence-corrected chi connectivity index (χ4v) is 9.93. The summed E-state index contributed by atoms with van der Waals surface area (Å²) in [6.45, 7) is 3.22. The molecule has 1 N–H and O–H groups in total. The van der Waals surface area contributed by atoms with Crippen molar-refractivity contribution in [1.29, 1.82) is 0 Å². The van der Waals surface area contributed by atoms with E-state index < -0.39 is 0 Å². The van der Waals surface area contributed by atoms with Gasteiger partial charge in [0.2, 0.25) is 0 Å². The quantitative estimate of drug-likeness (QED) is 0.463. The molecule has 0 aromatic heterocycles. The Morgan fingerprint density at radius 1 is 1.13 bits per heavy atom. The van der Waals surface area contributed by atoms with Gasteiger partial charge in [0.25, 0.3) is 0 Å². The first-order chi connectivity index (χ1) is 14.9. The van der Waals surface area contributed by atoms with Crippen LogP contribution in [0.4, 0.5) is 0 Å². The van der Waals surface area contributed by atoms with Gasteiger partial charge in [-0.1, -0.05) is 41.1 Å². The molecule has 1 heterocycles. The first kappa shape index (κ1) is 20.7. The third kappa shape index (κ3) is 2.75. The third-order valence-electron chi connectivity index (χ3n) is 10.1. The maximum Gasteiger partial charge on any atom is 0.338 e. The number of halogens is 1. The number of alkyl halides is 1. The van der Waals surface area contributed by atoms with Crippen molar-refractivity contribution in [3.05, 3.63) is 35.9 Å². The fourth-order valence-electron chi connectivity index (χ4n) is 8.63. The number of rotatable bonds is 2. The number of carbonyl (C=O) groups is 1. The molecule has 5 fully saturated rings. The first-order valence-corrected chi connectivity index (χ1v) is 12.9. The Balaban J connectivity index is 1.26. The van der Waals surface area contributed by atoms with E-state index in [0.717, 1.165) is 51.6 Å². The molecule has 0 amide bonds. The molecule has 168 valence electrons. The molecule has 6 rings (SSSR count). The van der Waals surface area contributed by atoms with Gasteiger partial charge in [-0.2, -0.15) is 0 Å². The van der Waals surface area contributed by atoms with E-state index in [1.165, 1.54) is 6.42 Å². The predicted octanol–water partition coefficient (Wildman–Crippen LogP) is 5.12. The van der Waals surface area contributed by atoms with Crippen molar-refractivity contribution < 1.29 is 19.4 Å². The van der Waals surface area contributed by atoms with Crippen LogP contribution >= 0.6 is 15.9 Å². The van der Waals surface area contributed by atoms with Crippen molar-refractivity contribution in [2.24, 2.45) is 28.6 Å². The molecular weight excluding hydrogens is 456 g/mol. The van der Waals surface area contributed by atoms with Gasteiger partial charge in [-0.25, -0.2) is 4.79 Å². The summed E-state index contributed by atoms with van der Waals surface area (Å²) in [5.74, 6) is 1.68. The molecule has 4 nitrogen and oxygen atoms in total. The summed E-state index contributed by atoms with van der Waals surface area (Å²) in [6.07, 6.45) is 8.24. The van der Waals surface area contributed by atoms with Crippen LogP contribution in [0.25, 0.3) is 0 Å². The zero-order chi connectivity index (χ0) is 21.4. The molecule has 0 radical (unpaired) electrons. The predicted molar refractivity (Wildman–Crippen MR) is 121 cm³/mol. The lowest BCUT2D eigenvalue weighted by atomic mass is 9.45. The Hall–Kier alpha value is -0.910. The Bertz CT molecular complexity index is 875. The third-order valence-corrected chi connectivity index (χ3v) is 11.8. The van der Waals surface area contributed by atoms with Crippen molar-refractivity contribution in [3.63, 3.8) is 0 Å². The number of benzene rings is 1. The summed E-state index contributed by atoms with van der Waals surface area (Å²) >= 11 is 4.16. The zero-order valence-electron chi connectivity index (χ0n) is 18.3. The molecule has 1 aromatic rings. The number of fused-ring (bicyclic) bond motifs is 3. The molecule has 4 saturated carbocycles. The SMILES string of the molecule is C[C@]12CC[C@@H]3[C@H](C[C@H]4OC[C@@]35CC[C@H](O)C[C@]45Br)[C@@H]1CC[C@H]2OC(=O)c1ccccc1. The van der Waals surface area contributed by atoms with Crippen LogP contribution in [-0.4, -0.2) is 40.3 Å². The molecular formula is C26H33BrO4. The number of ether oxygens (including phenoxy) is 2. The molecule has 0 spiro atoms. The van der Waals surface area contributed by atoms with Gasteiger partial charge in [-0.15, -0.1) is 0 Å². The first-order valence-electron chi connectivity index (χ1n) is 12.1. The van der Waals surface area contributed by atoms with Crippen molar-refractivity contribution in [2.45, 2.75) is 80.9 Å². The van der Waals surface area contributed by atoms with Crippen LogP contribution in [-0.2, 0) is 9.47 Å². The van der Waals surface area contributed by atoms with E-state index in [1.54, 1.807) is 0 Å². The summed E-state index contributed by atoms with van der Waals surface area (Å²) < 4.78 is 12.5. The lowest BCUT2D eigenvalue weighted by Crippen LogP contribution is -2.63. The zero-order valence-corrected chi connectivity index (χ0v) is 19.9. The summed E-state index contributed by atoms with van der Waals surface area (Å²) in [5, 5.41) is 10.4. The number of carbonyl (C=O) groups excluding carboxylic acids is 1. The number of hydrogen-bond acceptors (Lipinski definition) is 4. The highest BCUT2D eigenvalue weighted by molar-refractivity contribution is 9.10. The highest BCUT2D eigenvalue weighted by Crippen LogP contribution is 2.72. The van der Waals surface area contributed by atoms with Gasteiger partial charge >= 0.3 is 5.97 Å². The van der Waals surface area contributed by atoms with E-state index in [2.05, 4.69) is 22.9 Å². The fraction of sp³-hybridized carbons (Fsp3) is 0.731. The van der Waals surface area contributed by atoms with Gasteiger partial charge < -0.3 is 14.6 Å². The van der Waals surface area contributed by atoms with Crippen LogP contribution in [0.3, 0.4) is 0 Å². The average molecular weight is 489 g/mol.